The van der Waals surface area contributed by atoms with Crippen LogP contribution in [0.4, 0.5) is 5.82 Å². The second-order valence-electron chi connectivity index (χ2n) is 4.35. The summed E-state index contributed by atoms with van der Waals surface area (Å²) in [6, 6.07) is 0.868. The molecule has 2 heterocycles. The summed E-state index contributed by atoms with van der Waals surface area (Å²) in [7, 11) is 1.57. The van der Waals surface area contributed by atoms with Crippen molar-refractivity contribution in [1.29, 1.82) is 0 Å². The summed E-state index contributed by atoms with van der Waals surface area (Å²) in [4.78, 5) is 10.7. The maximum absolute atomic E-state index is 6.22. The molecule has 2 rings (SSSR count). The van der Waals surface area contributed by atoms with Gasteiger partial charge in [0.2, 0.25) is 0 Å². The van der Waals surface area contributed by atoms with E-state index >= 15 is 0 Å². The SMILES string of the molecule is COc1ncc(Cl)c(N2CCCCC2CCBr)n1. The van der Waals surface area contributed by atoms with Crippen LogP contribution in [0.2, 0.25) is 5.02 Å². The summed E-state index contributed by atoms with van der Waals surface area (Å²) in [5.74, 6) is 0.800. The van der Waals surface area contributed by atoms with Gasteiger partial charge in [0, 0.05) is 17.9 Å². The standard InChI is InChI=1S/C12H17BrClN3O/c1-18-12-15-8-10(14)11(16-12)17-7-3-2-4-9(17)5-6-13/h8-9H,2-7H2,1H3. The number of piperidine rings is 1. The van der Waals surface area contributed by atoms with Crippen LogP contribution in [0, 0.1) is 0 Å². The average molecular weight is 335 g/mol. The Kier molecular flexibility index (Phi) is 5.06. The molecule has 1 fully saturated rings. The zero-order valence-electron chi connectivity index (χ0n) is 10.4. The Bertz CT molecular complexity index is 403. The second kappa shape index (κ2) is 6.57. The minimum absolute atomic E-state index is 0.373. The lowest BCUT2D eigenvalue weighted by Gasteiger charge is -2.36. The van der Waals surface area contributed by atoms with Crippen molar-refractivity contribution in [3.63, 3.8) is 0 Å². The molecule has 0 N–H and O–H groups in total. The van der Waals surface area contributed by atoms with Gasteiger partial charge in [0.25, 0.3) is 0 Å². The van der Waals surface area contributed by atoms with Gasteiger partial charge in [0.1, 0.15) is 5.02 Å². The van der Waals surface area contributed by atoms with Gasteiger partial charge < -0.3 is 9.64 Å². The van der Waals surface area contributed by atoms with Gasteiger partial charge in [-0.05, 0) is 25.7 Å². The molecule has 0 spiro atoms. The molecule has 6 heteroatoms. The molecule has 0 saturated carbocycles. The summed E-state index contributed by atoms with van der Waals surface area (Å²) in [5, 5.41) is 1.59. The minimum atomic E-state index is 0.373. The maximum Gasteiger partial charge on any atom is 0.318 e. The predicted octanol–water partition coefficient (Wildman–Crippen LogP) is 3.28. The molecule has 1 atom stereocenters. The molecule has 1 unspecified atom stereocenters. The lowest BCUT2D eigenvalue weighted by atomic mass is 10.0. The lowest BCUT2D eigenvalue weighted by molar-refractivity contribution is 0.377. The van der Waals surface area contributed by atoms with Crippen molar-refractivity contribution in [3.05, 3.63) is 11.2 Å². The normalized spacial score (nSPS) is 19.9. The van der Waals surface area contributed by atoms with Gasteiger partial charge in [-0.1, -0.05) is 27.5 Å². The zero-order chi connectivity index (χ0) is 13.0. The monoisotopic (exact) mass is 333 g/mol. The molecule has 1 aliphatic rings. The fourth-order valence-corrected chi connectivity index (χ4v) is 3.08. The van der Waals surface area contributed by atoms with Crippen LogP contribution in [0.15, 0.2) is 6.20 Å². The Labute approximate surface area is 121 Å². The van der Waals surface area contributed by atoms with E-state index in [9.17, 15) is 0 Å². The molecular formula is C12H17BrClN3O. The largest absolute Gasteiger partial charge is 0.467 e. The summed E-state index contributed by atoms with van der Waals surface area (Å²) in [6.07, 6.45) is 6.36. The van der Waals surface area contributed by atoms with Crippen molar-refractivity contribution >= 4 is 33.3 Å². The van der Waals surface area contributed by atoms with Crippen LogP contribution in [-0.4, -0.2) is 35.0 Å². The highest BCUT2D eigenvalue weighted by Crippen LogP contribution is 2.31. The maximum atomic E-state index is 6.22. The van der Waals surface area contributed by atoms with Crippen LogP contribution in [0.25, 0.3) is 0 Å². The van der Waals surface area contributed by atoms with Crippen LogP contribution in [0.1, 0.15) is 25.7 Å². The van der Waals surface area contributed by atoms with Crippen molar-refractivity contribution in [2.24, 2.45) is 0 Å². The fourth-order valence-electron chi connectivity index (χ4n) is 2.35. The van der Waals surface area contributed by atoms with E-state index in [1.54, 1.807) is 13.3 Å². The molecule has 1 aromatic heterocycles. The molecule has 1 saturated heterocycles. The van der Waals surface area contributed by atoms with E-state index in [0.29, 0.717) is 17.1 Å². The van der Waals surface area contributed by atoms with E-state index in [4.69, 9.17) is 16.3 Å². The third-order valence-corrected chi connectivity index (χ3v) is 3.95. The van der Waals surface area contributed by atoms with E-state index in [1.807, 2.05) is 0 Å². The average Bonchev–Trinajstić information content (AvgIpc) is 2.41. The van der Waals surface area contributed by atoms with E-state index < -0.39 is 0 Å². The Morgan fingerprint density at radius 1 is 1.56 bits per heavy atom. The van der Waals surface area contributed by atoms with E-state index in [-0.39, 0.29) is 0 Å². The number of halogens is 2. The van der Waals surface area contributed by atoms with Gasteiger partial charge in [0.05, 0.1) is 13.3 Å². The molecular weight excluding hydrogens is 318 g/mol. The van der Waals surface area contributed by atoms with Gasteiger partial charge in [-0.2, -0.15) is 4.98 Å². The fraction of sp³-hybridized carbons (Fsp3) is 0.667. The van der Waals surface area contributed by atoms with Crippen LogP contribution >= 0.6 is 27.5 Å². The number of anilines is 1. The summed E-state index contributed by atoms with van der Waals surface area (Å²) in [6.45, 7) is 0.998. The molecule has 1 aliphatic heterocycles. The highest BCUT2D eigenvalue weighted by Gasteiger charge is 2.25. The molecule has 18 heavy (non-hydrogen) atoms. The van der Waals surface area contributed by atoms with Gasteiger partial charge in [-0.25, -0.2) is 4.98 Å². The lowest BCUT2D eigenvalue weighted by Crippen LogP contribution is -2.40. The molecule has 0 amide bonds. The van der Waals surface area contributed by atoms with E-state index in [0.717, 1.165) is 24.1 Å². The topological polar surface area (TPSA) is 38.2 Å². The molecule has 0 aromatic carbocycles. The molecule has 4 nitrogen and oxygen atoms in total. The molecule has 0 bridgehead atoms. The van der Waals surface area contributed by atoms with Crippen LogP contribution in [0.5, 0.6) is 6.01 Å². The number of hydrogen-bond donors (Lipinski definition) is 0. The van der Waals surface area contributed by atoms with Crippen LogP contribution < -0.4 is 9.64 Å². The van der Waals surface area contributed by atoms with Crippen molar-refractivity contribution in [2.75, 3.05) is 23.9 Å². The number of aromatic nitrogens is 2. The van der Waals surface area contributed by atoms with Crippen LogP contribution in [0.3, 0.4) is 0 Å². The number of alkyl halides is 1. The first-order chi connectivity index (χ1) is 8.76. The smallest absolute Gasteiger partial charge is 0.318 e. The quantitative estimate of drug-likeness (QED) is 0.792. The summed E-state index contributed by atoms with van der Waals surface area (Å²) in [5.41, 5.74) is 0. The van der Waals surface area contributed by atoms with Crippen LogP contribution in [-0.2, 0) is 0 Å². The Hall–Kier alpha value is -0.550. The Morgan fingerprint density at radius 3 is 3.11 bits per heavy atom. The molecule has 0 aliphatic carbocycles. The number of ether oxygens (including phenoxy) is 1. The summed E-state index contributed by atoms with van der Waals surface area (Å²) >= 11 is 9.73. The first-order valence-electron chi connectivity index (χ1n) is 6.15. The minimum Gasteiger partial charge on any atom is -0.467 e. The second-order valence-corrected chi connectivity index (χ2v) is 5.55. The number of nitrogens with zero attached hydrogens (tertiary/aromatic N) is 3. The zero-order valence-corrected chi connectivity index (χ0v) is 12.7. The van der Waals surface area contributed by atoms with Gasteiger partial charge in [-0.3, -0.25) is 0 Å². The Balaban J connectivity index is 2.26. The number of hydrogen-bond acceptors (Lipinski definition) is 4. The first-order valence-corrected chi connectivity index (χ1v) is 7.65. The molecule has 100 valence electrons. The van der Waals surface area contributed by atoms with Gasteiger partial charge >= 0.3 is 6.01 Å². The Morgan fingerprint density at radius 2 is 2.39 bits per heavy atom. The van der Waals surface area contributed by atoms with Crippen molar-refractivity contribution in [1.82, 2.24) is 9.97 Å². The first kappa shape index (κ1) is 13.9. The highest BCUT2D eigenvalue weighted by molar-refractivity contribution is 9.09. The predicted molar refractivity (Wildman–Crippen MR) is 77.0 cm³/mol. The van der Waals surface area contributed by atoms with Crippen molar-refractivity contribution in [2.45, 2.75) is 31.7 Å². The van der Waals surface area contributed by atoms with Gasteiger partial charge in [-0.15, -0.1) is 0 Å². The van der Waals surface area contributed by atoms with E-state index in [1.165, 1.54) is 19.3 Å². The van der Waals surface area contributed by atoms with E-state index in [2.05, 4.69) is 30.8 Å². The molecule has 0 radical (unpaired) electrons. The van der Waals surface area contributed by atoms with Crippen molar-refractivity contribution < 1.29 is 4.74 Å². The van der Waals surface area contributed by atoms with Gasteiger partial charge in [0.15, 0.2) is 5.82 Å². The molecule has 1 aromatic rings. The van der Waals surface area contributed by atoms with Crippen molar-refractivity contribution in [3.8, 4) is 6.01 Å². The number of methoxy groups -OCH3 is 1. The third-order valence-electron chi connectivity index (χ3n) is 3.23. The third kappa shape index (κ3) is 3.06. The number of rotatable bonds is 4. The summed E-state index contributed by atoms with van der Waals surface area (Å²) < 4.78 is 5.08. The highest BCUT2D eigenvalue weighted by atomic mass is 79.9.